The summed E-state index contributed by atoms with van der Waals surface area (Å²) in [5.74, 6) is 0.960. The van der Waals surface area contributed by atoms with Gasteiger partial charge in [0.2, 0.25) is 0 Å². The van der Waals surface area contributed by atoms with Gasteiger partial charge in [-0.25, -0.2) is 4.98 Å². The molecule has 2 N–H and O–H groups in total. The summed E-state index contributed by atoms with van der Waals surface area (Å²) < 4.78 is 1.06. The predicted molar refractivity (Wildman–Crippen MR) is 66.2 cm³/mol. The van der Waals surface area contributed by atoms with Gasteiger partial charge in [-0.1, -0.05) is 0 Å². The van der Waals surface area contributed by atoms with Crippen molar-refractivity contribution >= 4 is 21.7 Å². The zero-order valence-corrected chi connectivity index (χ0v) is 10.7. The number of nitrogens with one attached hydrogen (secondary N) is 2. The van der Waals surface area contributed by atoms with Gasteiger partial charge >= 0.3 is 0 Å². The van der Waals surface area contributed by atoms with E-state index in [0.29, 0.717) is 0 Å². The molecule has 0 bridgehead atoms. The Bertz CT molecular complexity index is 359. The molecule has 1 aromatic heterocycles. The average molecular weight is 270 g/mol. The number of hydrogen-bond donors (Lipinski definition) is 2. The molecule has 1 aromatic rings. The van der Waals surface area contributed by atoms with Gasteiger partial charge in [0.15, 0.2) is 0 Å². The Kier molecular flexibility index (Phi) is 2.98. The highest BCUT2D eigenvalue weighted by atomic mass is 79.9. The number of aromatic nitrogens is 1. The Morgan fingerprint density at radius 2 is 2.40 bits per heavy atom. The molecule has 4 heteroatoms. The van der Waals surface area contributed by atoms with Crippen molar-refractivity contribution in [3.05, 3.63) is 22.3 Å². The molecule has 1 fully saturated rings. The fraction of sp³-hybridized carbons (Fsp3) is 0.545. The van der Waals surface area contributed by atoms with E-state index in [1.165, 1.54) is 5.56 Å². The van der Waals surface area contributed by atoms with E-state index in [9.17, 15) is 0 Å². The minimum Gasteiger partial charge on any atom is -0.364 e. The lowest BCUT2D eigenvalue weighted by Crippen LogP contribution is -2.37. The molecule has 1 saturated heterocycles. The summed E-state index contributed by atoms with van der Waals surface area (Å²) in [6, 6.07) is 2.08. The first-order valence-electron chi connectivity index (χ1n) is 5.20. The van der Waals surface area contributed by atoms with Gasteiger partial charge in [-0.3, -0.25) is 0 Å². The Morgan fingerprint density at radius 3 is 3.00 bits per heavy atom. The summed E-state index contributed by atoms with van der Waals surface area (Å²) in [7, 11) is 0. The van der Waals surface area contributed by atoms with E-state index < -0.39 is 0 Å². The van der Waals surface area contributed by atoms with Crippen molar-refractivity contribution in [1.82, 2.24) is 10.3 Å². The first-order chi connectivity index (χ1) is 7.09. The van der Waals surface area contributed by atoms with Gasteiger partial charge in [0, 0.05) is 22.8 Å². The number of nitrogens with zero attached hydrogens (tertiary/aromatic N) is 1. The van der Waals surface area contributed by atoms with Crippen LogP contribution in [-0.4, -0.2) is 23.6 Å². The third-order valence-electron chi connectivity index (χ3n) is 2.85. The summed E-state index contributed by atoms with van der Waals surface area (Å²) in [6.07, 6.45) is 2.99. The van der Waals surface area contributed by atoms with E-state index in [4.69, 9.17) is 0 Å². The first kappa shape index (κ1) is 10.9. The lowest BCUT2D eigenvalue weighted by molar-refractivity contribution is 0.564. The molecular weight excluding hydrogens is 254 g/mol. The molecule has 2 heterocycles. The Labute approximate surface area is 98.8 Å². The van der Waals surface area contributed by atoms with Crippen LogP contribution in [-0.2, 0) is 0 Å². The highest BCUT2D eigenvalue weighted by molar-refractivity contribution is 9.10. The number of halogens is 1. The van der Waals surface area contributed by atoms with Crippen LogP contribution in [0.4, 0.5) is 5.82 Å². The Hall–Kier alpha value is -0.610. The average Bonchev–Trinajstić information content (AvgIpc) is 2.59. The van der Waals surface area contributed by atoms with Crippen LogP contribution in [0, 0.1) is 6.92 Å². The van der Waals surface area contributed by atoms with Gasteiger partial charge in [-0.05, 0) is 54.4 Å². The van der Waals surface area contributed by atoms with Crippen molar-refractivity contribution in [2.24, 2.45) is 0 Å². The van der Waals surface area contributed by atoms with Crippen molar-refractivity contribution in [3.8, 4) is 0 Å². The summed E-state index contributed by atoms with van der Waals surface area (Å²) in [6.45, 7) is 6.39. The molecule has 1 aliphatic heterocycles. The highest BCUT2D eigenvalue weighted by Crippen LogP contribution is 2.22. The van der Waals surface area contributed by atoms with Crippen LogP contribution in [0.5, 0.6) is 0 Å². The first-order valence-corrected chi connectivity index (χ1v) is 5.99. The van der Waals surface area contributed by atoms with Gasteiger partial charge in [0.1, 0.15) is 5.82 Å². The second-order valence-electron chi connectivity index (χ2n) is 4.43. The molecule has 3 nitrogen and oxygen atoms in total. The second kappa shape index (κ2) is 4.10. The topological polar surface area (TPSA) is 37.0 Å². The van der Waals surface area contributed by atoms with Crippen LogP contribution in [0.15, 0.2) is 16.7 Å². The quantitative estimate of drug-likeness (QED) is 0.866. The molecule has 15 heavy (non-hydrogen) atoms. The van der Waals surface area contributed by atoms with Crippen molar-refractivity contribution in [3.63, 3.8) is 0 Å². The number of hydrogen-bond acceptors (Lipinski definition) is 3. The Morgan fingerprint density at radius 1 is 1.60 bits per heavy atom. The van der Waals surface area contributed by atoms with Crippen LogP contribution >= 0.6 is 15.9 Å². The van der Waals surface area contributed by atoms with Crippen molar-refractivity contribution in [2.45, 2.75) is 25.8 Å². The molecule has 1 unspecified atom stereocenters. The fourth-order valence-corrected chi connectivity index (χ4v) is 2.06. The summed E-state index contributed by atoms with van der Waals surface area (Å²) in [5.41, 5.74) is 1.36. The maximum Gasteiger partial charge on any atom is 0.126 e. The number of pyridine rings is 1. The van der Waals surface area contributed by atoms with E-state index in [2.05, 4.69) is 51.5 Å². The van der Waals surface area contributed by atoms with Gasteiger partial charge in [0.05, 0.1) is 0 Å². The van der Waals surface area contributed by atoms with Crippen LogP contribution in [0.3, 0.4) is 0 Å². The monoisotopic (exact) mass is 269 g/mol. The minimum atomic E-state index is 0.146. The van der Waals surface area contributed by atoms with Gasteiger partial charge in [-0.15, -0.1) is 0 Å². The lowest BCUT2D eigenvalue weighted by Gasteiger charge is -2.25. The fourth-order valence-electron chi connectivity index (χ4n) is 1.84. The molecule has 1 aliphatic rings. The molecular formula is C11H16BrN3. The number of rotatable bonds is 2. The molecule has 82 valence electrons. The summed E-state index contributed by atoms with van der Waals surface area (Å²) >= 11 is 3.45. The van der Waals surface area contributed by atoms with Crippen LogP contribution in [0.25, 0.3) is 0 Å². The van der Waals surface area contributed by atoms with Crippen LogP contribution < -0.4 is 10.6 Å². The van der Waals surface area contributed by atoms with E-state index >= 15 is 0 Å². The zero-order valence-electron chi connectivity index (χ0n) is 9.10. The van der Waals surface area contributed by atoms with Gasteiger partial charge in [-0.2, -0.15) is 0 Å². The Balaban J connectivity index is 2.13. The zero-order chi connectivity index (χ0) is 10.9. The van der Waals surface area contributed by atoms with Crippen molar-refractivity contribution < 1.29 is 0 Å². The van der Waals surface area contributed by atoms with Gasteiger partial charge < -0.3 is 10.6 Å². The molecule has 0 amide bonds. The van der Waals surface area contributed by atoms with E-state index in [1.807, 2.05) is 6.20 Å². The maximum absolute atomic E-state index is 4.36. The number of anilines is 1. The molecule has 0 spiro atoms. The van der Waals surface area contributed by atoms with Crippen molar-refractivity contribution in [1.29, 1.82) is 0 Å². The standard InChI is InChI=1S/C11H16BrN3/c1-8-5-10(14-6-9(8)12)15-11(2)3-4-13-7-11/h5-6,13H,3-4,7H2,1-2H3,(H,14,15). The third kappa shape index (κ3) is 2.49. The molecule has 0 radical (unpaired) electrons. The van der Waals surface area contributed by atoms with Crippen LogP contribution in [0.2, 0.25) is 0 Å². The number of aryl methyl sites for hydroxylation is 1. The van der Waals surface area contributed by atoms with Crippen LogP contribution in [0.1, 0.15) is 18.9 Å². The molecule has 0 saturated carbocycles. The highest BCUT2D eigenvalue weighted by Gasteiger charge is 2.28. The largest absolute Gasteiger partial charge is 0.364 e. The van der Waals surface area contributed by atoms with Gasteiger partial charge in [0.25, 0.3) is 0 Å². The maximum atomic E-state index is 4.36. The molecule has 1 atom stereocenters. The smallest absolute Gasteiger partial charge is 0.126 e. The molecule has 2 rings (SSSR count). The lowest BCUT2D eigenvalue weighted by atomic mass is 10.0. The minimum absolute atomic E-state index is 0.146. The van der Waals surface area contributed by atoms with E-state index in [0.717, 1.165) is 29.8 Å². The van der Waals surface area contributed by atoms with E-state index in [-0.39, 0.29) is 5.54 Å². The normalized spacial score (nSPS) is 25.5. The summed E-state index contributed by atoms with van der Waals surface area (Å²) in [4.78, 5) is 4.36. The molecule has 0 aliphatic carbocycles. The SMILES string of the molecule is Cc1cc(NC2(C)CCNC2)ncc1Br. The predicted octanol–water partition coefficient (Wildman–Crippen LogP) is 2.32. The van der Waals surface area contributed by atoms with Crippen molar-refractivity contribution in [2.75, 3.05) is 18.4 Å². The second-order valence-corrected chi connectivity index (χ2v) is 5.29. The summed E-state index contributed by atoms with van der Waals surface area (Å²) in [5, 5.41) is 6.85. The molecule has 0 aromatic carbocycles. The third-order valence-corrected chi connectivity index (χ3v) is 3.68. The van der Waals surface area contributed by atoms with E-state index in [1.54, 1.807) is 0 Å².